The van der Waals surface area contributed by atoms with Crippen LogP contribution in [0.1, 0.15) is 40.3 Å². The van der Waals surface area contributed by atoms with E-state index in [9.17, 15) is 28.1 Å². The van der Waals surface area contributed by atoms with Crippen LogP contribution in [-0.2, 0) is 29.8 Å². The molecule has 1 amide bonds. The molecule has 5 aromatic rings. The van der Waals surface area contributed by atoms with Gasteiger partial charge >= 0.3 is 5.97 Å². The first-order valence-corrected chi connectivity index (χ1v) is 18.5. The Morgan fingerprint density at radius 1 is 1.04 bits per heavy atom. The van der Waals surface area contributed by atoms with Gasteiger partial charge in [0.15, 0.2) is 11.5 Å². The minimum Gasteiger partial charge on any atom is -0.468 e. The van der Waals surface area contributed by atoms with Crippen molar-refractivity contribution in [2.24, 2.45) is 5.92 Å². The number of nitrogens with zero attached hydrogens (tertiary/aromatic N) is 4. The number of sulfonamides is 1. The fourth-order valence-electron chi connectivity index (χ4n) is 4.57. The number of nitro benzene ring substituents is 1. The number of hydrogen-bond acceptors (Lipinski definition) is 11. The molecule has 0 saturated carbocycles. The molecular formula is C33H35N7O7S3. The molecule has 50 heavy (non-hydrogen) atoms. The number of anilines is 2. The zero-order valence-corrected chi connectivity index (χ0v) is 30.5. The summed E-state index contributed by atoms with van der Waals surface area (Å²) >= 11 is 2.40. The number of rotatable bonds is 12. The normalized spacial score (nSPS) is 11.9. The molecule has 5 rings (SSSR count). The van der Waals surface area contributed by atoms with Gasteiger partial charge in [0.25, 0.3) is 15.7 Å². The summed E-state index contributed by atoms with van der Waals surface area (Å²) < 4.78 is 35.0. The highest BCUT2D eigenvalue weighted by atomic mass is 32.2. The second-order valence-corrected chi connectivity index (χ2v) is 16.2. The first-order chi connectivity index (χ1) is 23.5. The number of aromatic nitrogens is 4. The minimum absolute atomic E-state index is 0.0560. The molecule has 0 saturated heterocycles. The molecule has 17 heteroatoms. The van der Waals surface area contributed by atoms with E-state index in [-0.39, 0.29) is 38.5 Å². The van der Waals surface area contributed by atoms with Crippen molar-refractivity contribution in [1.82, 2.24) is 19.8 Å². The number of thioether (sulfide) groups is 1. The largest absolute Gasteiger partial charge is 0.468 e. The number of amides is 1. The highest BCUT2D eigenvalue weighted by molar-refractivity contribution is 8.00. The molecule has 0 unspecified atom stereocenters. The van der Waals surface area contributed by atoms with E-state index in [1.165, 1.54) is 31.0 Å². The third-order valence-electron chi connectivity index (χ3n) is 7.28. The average molecular weight is 738 g/mol. The number of carbonyl (C=O) groups excluding carboxylic acids is 2. The predicted octanol–water partition coefficient (Wildman–Crippen LogP) is 6.74. The maximum Gasteiger partial charge on any atom is 0.315 e. The average Bonchev–Trinajstić information content (AvgIpc) is 3.63. The number of esters is 1. The molecular weight excluding hydrogens is 703 g/mol. The number of aromatic amines is 1. The summed E-state index contributed by atoms with van der Waals surface area (Å²) in [4.78, 5) is 41.0. The molecule has 0 aliphatic rings. The van der Waals surface area contributed by atoms with Crippen molar-refractivity contribution in [3.63, 3.8) is 0 Å². The van der Waals surface area contributed by atoms with E-state index in [2.05, 4.69) is 45.7 Å². The topological polar surface area (TPSA) is 191 Å². The number of methoxy groups -OCH3 is 1. The van der Waals surface area contributed by atoms with Crippen LogP contribution in [0.3, 0.4) is 0 Å². The fourth-order valence-corrected chi connectivity index (χ4v) is 7.67. The van der Waals surface area contributed by atoms with Crippen LogP contribution in [0.4, 0.5) is 17.1 Å². The van der Waals surface area contributed by atoms with Crippen molar-refractivity contribution >= 4 is 68.1 Å². The first-order valence-electron chi connectivity index (χ1n) is 15.2. The van der Waals surface area contributed by atoms with Gasteiger partial charge in [-0.1, -0.05) is 46.4 Å². The smallest absolute Gasteiger partial charge is 0.315 e. The van der Waals surface area contributed by atoms with Crippen molar-refractivity contribution in [2.45, 2.75) is 59.6 Å². The number of carbonyl (C=O) groups is 2. The molecule has 3 N–H and O–H groups in total. The van der Waals surface area contributed by atoms with Crippen LogP contribution in [0.15, 0.2) is 86.3 Å². The van der Waals surface area contributed by atoms with E-state index < -0.39 is 26.6 Å². The van der Waals surface area contributed by atoms with E-state index in [1.807, 2.05) is 38.1 Å². The molecule has 0 radical (unpaired) electrons. The van der Waals surface area contributed by atoms with Crippen molar-refractivity contribution in [3.8, 4) is 11.4 Å². The molecule has 0 aliphatic heterocycles. The van der Waals surface area contributed by atoms with Gasteiger partial charge in [0.05, 0.1) is 38.2 Å². The molecule has 262 valence electrons. The number of nitrogens with one attached hydrogen (secondary N) is 3. The van der Waals surface area contributed by atoms with Crippen LogP contribution >= 0.6 is 23.5 Å². The van der Waals surface area contributed by atoms with Crippen LogP contribution in [-0.4, -0.2) is 57.9 Å². The van der Waals surface area contributed by atoms with Crippen LogP contribution in [0, 0.1) is 16.0 Å². The Bertz CT molecular complexity index is 2170. The lowest BCUT2D eigenvalue weighted by Crippen LogP contribution is -2.17. The number of nitro groups is 1. The molecule has 2 heterocycles. The Morgan fingerprint density at radius 2 is 1.70 bits per heavy atom. The Morgan fingerprint density at radius 3 is 2.30 bits per heavy atom. The summed E-state index contributed by atoms with van der Waals surface area (Å²) in [5.74, 6) is -0.508. The SMILES string of the molecule is COC(=O)CSc1ccc(S(=O)(=O)Nc2ccc(-c3nc4c(Sc5ccc(NC(=O)C(C)C)cc5)c(C(C)(C)C)[nH]n4n3)cc2)cc1[N+](=O)[O-]. The third-order valence-corrected chi connectivity index (χ3v) is 10.8. The van der Waals surface area contributed by atoms with E-state index in [0.29, 0.717) is 22.7 Å². The summed E-state index contributed by atoms with van der Waals surface area (Å²) in [6, 6.07) is 17.5. The lowest BCUT2D eigenvalue weighted by atomic mass is 9.92. The van der Waals surface area contributed by atoms with Crippen molar-refractivity contribution in [1.29, 1.82) is 0 Å². The monoisotopic (exact) mass is 737 g/mol. The number of fused-ring (bicyclic) bond motifs is 1. The number of hydrogen-bond donors (Lipinski definition) is 3. The van der Waals surface area contributed by atoms with Gasteiger partial charge in [0.1, 0.15) is 0 Å². The summed E-state index contributed by atoms with van der Waals surface area (Å²) in [7, 11) is -2.99. The second kappa shape index (κ2) is 14.5. The number of benzene rings is 3. The maximum atomic E-state index is 13.2. The quantitative estimate of drug-likeness (QED) is 0.0532. The Labute approximate surface area is 297 Å². The van der Waals surface area contributed by atoms with Crippen molar-refractivity contribution in [2.75, 3.05) is 22.9 Å². The van der Waals surface area contributed by atoms with Gasteiger partial charge in [-0.3, -0.25) is 29.5 Å². The minimum atomic E-state index is -4.20. The first kappa shape index (κ1) is 36.4. The standard InChI is InChI=1S/C33H35N7O7S3/c1-19(2)32(42)34-21-11-13-23(14-12-21)49-28-29(33(3,4)5)36-39-31(28)35-30(37-39)20-7-9-22(10-8-20)38-50(45,46)24-15-16-26(25(17-24)40(43)44)48-18-27(41)47-6/h7-17,19,36,38H,18H2,1-6H3,(H,34,42). The highest BCUT2D eigenvalue weighted by Gasteiger charge is 2.27. The molecule has 0 spiro atoms. The molecule has 0 bridgehead atoms. The van der Waals surface area contributed by atoms with E-state index >= 15 is 0 Å². The third kappa shape index (κ3) is 8.28. The zero-order chi connectivity index (χ0) is 36.4. The van der Waals surface area contributed by atoms with Crippen LogP contribution in [0.5, 0.6) is 0 Å². The summed E-state index contributed by atoms with van der Waals surface area (Å²) in [5.41, 5.74) is 2.43. The van der Waals surface area contributed by atoms with Gasteiger partial charge in [-0.2, -0.15) is 4.63 Å². The lowest BCUT2D eigenvalue weighted by molar-refractivity contribution is -0.388. The van der Waals surface area contributed by atoms with Crippen molar-refractivity contribution < 1.29 is 27.7 Å². The van der Waals surface area contributed by atoms with E-state index in [0.717, 1.165) is 33.3 Å². The Hall–Kier alpha value is -4.87. The zero-order valence-electron chi connectivity index (χ0n) is 28.0. The molecule has 2 aromatic heterocycles. The predicted molar refractivity (Wildman–Crippen MR) is 192 cm³/mol. The number of H-pyrrole nitrogens is 1. The van der Waals surface area contributed by atoms with E-state index in [4.69, 9.17) is 4.98 Å². The van der Waals surface area contributed by atoms with Gasteiger partial charge in [-0.05, 0) is 60.7 Å². The van der Waals surface area contributed by atoms with Gasteiger partial charge in [0.2, 0.25) is 5.91 Å². The molecule has 0 aliphatic carbocycles. The Balaban J connectivity index is 1.36. The van der Waals surface area contributed by atoms with Gasteiger partial charge in [-0.15, -0.1) is 16.9 Å². The molecule has 0 atom stereocenters. The lowest BCUT2D eigenvalue weighted by Gasteiger charge is -2.18. The van der Waals surface area contributed by atoms with Crippen LogP contribution in [0.25, 0.3) is 17.0 Å². The summed E-state index contributed by atoms with van der Waals surface area (Å²) in [6.45, 7) is 9.94. The fraction of sp³-hybridized carbons (Fsp3) is 0.273. The maximum absolute atomic E-state index is 13.2. The number of ether oxygens (including phenoxy) is 1. The highest BCUT2D eigenvalue weighted by Crippen LogP contribution is 2.39. The van der Waals surface area contributed by atoms with E-state index in [1.54, 1.807) is 28.9 Å². The van der Waals surface area contributed by atoms with Crippen molar-refractivity contribution in [3.05, 3.63) is 82.5 Å². The summed E-state index contributed by atoms with van der Waals surface area (Å²) in [6.07, 6.45) is 0. The molecule has 0 fully saturated rings. The van der Waals surface area contributed by atoms with Gasteiger partial charge in [0, 0.05) is 39.2 Å². The van der Waals surface area contributed by atoms with Gasteiger partial charge in [-0.25, -0.2) is 13.4 Å². The molecule has 14 nitrogen and oxygen atoms in total. The van der Waals surface area contributed by atoms with Gasteiger partial charge < -0.3 is 10.1 Å². The summed E-state index contributed by atoms with van der Waals surface area (Å²) in [5, 5.41) is 22.6. The second-order valence-electron chi connectivity index (χ2n) is 12.4. The van der Waals surface area contributed by atoms with Crippen LogP contribution < -0.4 is 10.0 Å². The Kier molecular flexibility index (Phi) is 10.6. The molecule has 3 aromatic carbocycles. The van der Waals surface area contributed by atoms with Crippen LogP contribution in [0.2, 0.25) is 0 Å².